The smallest absolute Gasteiger partial charge is 0.339 e. The zero-order valence-electron chi connectivity index (χ0n) is 12.2. The van der Waals surface area contributed by atoms with Crippen molar-refractivity contribution in [3.8, 4) is 0 Å². The quantitative estimate of drug-likeness (QED) is 0.577. The van der Waals surface area contributed by atoms with E-state index in [2.05, 4.69) is 20.8 Å². The van der Waals surface area contributed by atoms with Crippen LogP contribution in [0.4, 0.5) is 19.3 Å². The number of hydrogen-bond acceptors (Lipinski definition) is 4. The Hall–Kier alpha value is -3.36. The van der Waals surface area contributed by atoms with Gasteiger partial charge in [0, 0.05) is 36.8 Å². The lowest BCUT2D eigenvalue weighted by Crippen LogP contribution is -2.24. The molecule has 0 unspecified atom stereocenters. The minimum Gasteiger partial charge on any atom is -0.478 e. The molecule has 0 aliphatic rings. The Bertz CT molecular complexity index is 776. The summed E-state index contributed by atoms with van der Waals surface area (Å²) in [7, 11) is 0. The van der Waals surface area contributed by atoms with Crippen molar-refractivity contribution in [1.29, 1.82) is 0 Å². The largest absolute Gasteiger partial charge is 0.478 e. The molecule has 124 valence electrons. The third-order valence-electron chi connectivity index (χ3n) is 2.83. The molecule has 0 fully saturated rings. The third kappa shape index (κ3) is 4.83. The summed E-state index contributed by atoms with van der Waals surface area (Å²) < 4.78 is 26.0. The number of amides is 2. The van der Waals surface area contributed by atoms with Crippen molar-refractivity contribution >= 4 is 23.9 Å². The number of carbonyl (C=O) groups excluding carboxylic acids is 1. The van der Waals surface area contributed by atoms with Crippen LogP contribution in [0.1, 0.15) is 15.9 Å². The topological polar surface area (TPSA) is 104 Å². The summed E-state index contributed by atoms with van der Waals surface area (Å²) in [6.45, 7) is 0. The molecule has 0 saturated carbocycles. The number of aromatic nitrogens is 1. The minimum absolute atomic E-state index is 0.0311. The van der Waals surface area contributed by atoms with E-state index in [-0.39, 0.29) is 17.7 Å². The van der Waals surface area contributed by atoms with Gasteiger partial charge in [-0.05, 0) is 23.8 Å². The van der Waals surface area contributed by atoms with E-state index >= 15 is 0 Å². The summed E-state index contributed by atoms with van der Waals surface area (Å²) in [5.41, 5.74) is 2.53. The SMILES string of the molecule is O=C(NN=CCc1ccncc1C(=O)O)Nc1cc(F)cc(F)c1. The number of halogens is 2. The van der Waals surface area contributed by atoms with Gasteiger partial charge in [0.05, 0.1) is 5.56 Å². The number of aromatic carboxylic acids is 1. The first-order chi connectivity index (χ1) is 11.5. The average Bonchev–Trinajstić information content (AvgIpc) is 2.50. The van der Waals surface area contributed by atoms with Crippen LogP contribution in [0.3, 0.4) is 0 Å². The highest BCUT2D eigenvalue weighted by Crippen LogP contribution is 2.12. The number of nitrogens with zero attached hydrogens (tertiary/aromatic N) is 2. The summed E-state index contributed by atoms with van der Waals surface area (Å²) in [4.78, 5) is 26.2. The highest BCUT2D eigenvalue weighted by Gasteiger charge is 2.08. The molecule has 0 saturated heterocycles. The van der Waals surface area contributed by atoms with Gasteiger partial charge in [0.1, 0.15) is 11.6 Å². The van der Waals surface area contributed by atoms with Gasteiger partial charge in [0.25, 0.3) is 0 Å². The normalized spacial score (nSPS) is 10.6. The maximum absolute atomic E-state index is 13.0. The number of urea groups is 1. The van der Waals surface area contributed by atoms with E-state index in [9.17, 15) is 18.4 Å². The Morgan fingerprint density at radius 2 is 1.96 bits per heavy atom. The summed E-state index contributed by atoms with van der Waals surface area (Å²) >= 11 is 0. The molecule has 0 aliphatic heterocycles. The van der Waals surface area contributed by atoms with Crippen LogP contribution in [0, 0.1) is 11.6 Å². The van der Waals surface area contributed by atoms with Gasteiger partial charge in [-0.1, -0.05) is 0 Å². The first kappa shape index (κ1) is 17.0. The molecule has 1 aromatic heterocycles. The lowest BCUT2D eigenvalue weighted by atomic mass is 10.1. The number of rotatable bonds is 5. The molecule has 3 N–H and O–H groups in total. The molecular formula is C15H12F2N4O3. The molecule has 7 nitrogen and oxygen atoms in total. The molecule has 2 rings (SSSR count). The van der Waals surface area contributed by atoms with Gasteiger partial charge in [0.2, 0.25) is 0 Å². The van der Waals surface area contributed by atoms with Crippen molar-refractivity contribution in [3.05, 3.63) is 59.4 Å². The number of hydrogen-bond donors (Lipinski definition) is 3. The molecule has 0 aliphatic carbocycles. The van der Waals surface area contributed by atoms with Crippen LogP contribution in [0.25, 0.3) is 0 Å². The summed E-state index contributed by atoms with van der Waals surface area (Å²) in [6.07, 6.45) is 4.09. The zero-order chi connectivity index (χ0) is 17.5. The summed E-state index contributed by atoms with van der Waals surface area (Å²) in [5, 5.41) is 14.8. The fourth-order valence-corrected chi connectivity index (χ4v) is 1.83. The summed E-state index contributed by atoms with van der Waals surface area (Å²) in [5.74, 6) is -2.77. The Morgan fingerprint density at radius 1 is 1.25 bits per heavy atom. The average molecular weight is 334 g/mol. The first-order valence-corrected chi connectivity index (χ1v) is 6.66. The fraction of sp³-hybridized carbons (Fsp3) is 0.0667. The lowest BCUT2D eigenvalue weighted by Gasteiger charge is -2.04. The van der Waals surface area contributed by atoms with Gasteiger partial charge in [-0.3, -0.25) is 4.98 Å². The van der Waals surface area contributed by atoms with Gasteiger partial charge < -0.3 is 10.4 Å². The molecule has 24 heavy (non-hydrogen) atoms. The number of carboxylic acids is 1. The van der Waals surface area contributed by atoms with Gasteiger partial charge in [-0.25, -0.2) is 23.8 Å². The molecule has 1 heterocycles. The minimum atomic E-state index is -1.12. The van der Waals surface area contributed by atoms with E-state index < -0.39 is 23.6 Å². The van der Waals surface area contributed by atoms with Crippen molar-refractivity contribution in [2.24, 2.45) is 5.10 Å². The lowest BCUT2D eigenvalue weighted by molar-refractivity contribution is 0.0695. The molecule has 0 atom stereocenters. The van der Waals surface area contributed by atoms with Crippen LogP contribution < -0.4 is 10.7 Å². The second kappa shape index (κ2) is 7.77. The maximum Gasteiger partial charge on any atom is 0.339 e. The van der Waals surface area contributed by atoms with E-state index in [1.165, 1.54) is 24.7 Å². The maximum atomic E-state index is 13.0. The van der Waals surface area contributed by atoms with E-state index in [4.69, 9.17) is 5.11 Å². The first-order valence-electron chi connectivity index (χ1n) is 6.66. The molecule has 9 heteroatoms. The van der Waals surface area contributed by atoms with Crippen LogP contribution in [-0.4, -0.2) is 28.3 Å². The molecule has 1 aromatic carbocycles. The zero-order valence-corrected chi connectivity index (χ0v) is 12.2. The van der Waals surface area contributed by atoms with E-state index in [0.717, 1.165) is 12.1 Å². The number of carbonyl (C=O) groups is 2. The fourth-order valence-electron chi connectivity index (χ4n) is 1.83. The van der Waals surface area contributed by atoms with Gasteiger partial charge in [0.15, 0.2) is 0 Å². The Labute approximate surface area is 135 Å². The molecule has 0 radical (unpaired) electrons. The number of nitrogens with one attached hydrogen (secondary N) is 2. The predicted octanol–water partition coefficient (Wildman–Crippen LogP) is 2.41. The molecule has 0 spiro atoms. The third-order valence-corrected chi connectivity index (χ3v) is 2.83. The van der Waals surface area contributed by atoms with E-state index in [1.54, 1.807) is 0 Å². The van der Waals surface area contributed by atoms with E-state index in [0.29, 0.717) is 11.6 Å². The molecule has 2 aromatic rings. The number of hydrazone groups is 1. The highest BCUT2D eigenvalue weighted by atomic mass is 19.1. The predicted molar refractivity (Wildman–Crippen MR) is 81.9 cm³/mol. The van der Waals surface area contributed by atoms with Crippen LogP contribution in [0.15, 0.2) is 41.8 Å². The van der Waals surface area contributed by atoms with Gasteiger partial charge in [-0.2, -0.15) is 5.10 Å². The number of anilines is 1. The molecule has 2 amide bonds. The van der Waals surface area contributed by atoms with E-state index in [1.807, 2.05) is 0 Å². The van der Waals surface area contributed by atoms with Crippen LogP contribution >= 0.6 is 0 Å². The van der Waals surface area contributed by atoms with Crippen LogP contribution in [0.2, 0.25) is 0 Å². The number of benzene rings is 1. The second-order valence-electron chi connectivity index (χ2n) is 4.58. The van der Waals surface area contributed by atoms with Crippen molar-refractivity contribution in [2.45, 2.75) is 6.42 Å². The second-order valence-corrected chi connectivity index (χ2v) is 4.58. The Morgan fingerprint density at radius 3 is 2.62 bits per heavy atom. The standard InChI is InChI=1S/C15H12F2N4O3/c16-10-5-11(17)7-12(6-10)20-15(24)21-19-4-2-9-1-3-18-8-13(9)14(22)23/h1,3-8H,2H2,(H,22,23)(H2,20,21,24). The van der Waals surface area contributed by atoms with Crippen molar-refractivity contribution < 1.29 is 23.5 Å². The van der Waals surface area contributed by atoms with Crippen LogP contribution in [-0.2, 0) is 6.42 Å². The van der Waals surface area contributed by atoms with Gasteiger partial charge >= 0.3 is 12.0 Å². The number of pyridine rings is 1. The van der Waals surface area contributed by atoms with Crippen molar-refractivity contribution in [3.63, 3.8) is 0 Å². The summed E-state index contributed by atoms with van der Waals surface area (Å²) in [6, 6.07) is 3.29. The Kier molecular flexibility index (Phi) is 5.50. The van der Waals surface area contributed by atoms with Crippen molar-refractivity contribution in [1.82, 2.24) is 10.4 Å². The Balaban J connectivity index is 1.90. The monoisotopic (exact) mass is 334 g/mol. The molecule has 0 bridgehead atoms. The highest BCUT2D eigenvalue weighted by molar-refractivity contribution is 5.91. The van der Waals surface area contributed by atoms with Crippen LogP contribution in [0.5, 0.6) is 0 Å². The number of carboxylic acid groups (broad SMARTS) is 1. The van der Waals surface area contributed by atoms with Gasteiger partial charge in [-0.15, -0.1) is 0 Å². The molecular weight excluding hydrogens is 322 g/mol. The van der Waals surface area contributed by atoms with Crippen molar-refractivity contribution in [2.75, 3.05) is 5.32 Å².